The lowest BCUT2D eigenvalue weighted by Gasteiger charge is -2.20. The van der Waals surface area contributed by atoms with Gasteiger partial charge in [-0.3, -0.25) is 18.6 Å². The van der Waals surface area contributed by atoms with Crippen molar-refractivity contribution >= 4 is 19.8 Å². The van der Waals surface area contributed by atoms with Crippen LogP contribution in [0, 0.1) is 0 Å². The first-order valence-corrected chi connectivity index (χ1v) is 26.4. The first-order chi connectivity index (χ1) is 29.3. The predicted molar refractivity (Wildman–Crippen MR) is 252 cm³/mol. The Labute approximate surface area is 369 Å². The zero-order chi connectivity index (χ0) is 43.9. The molecule has 0 heterocycles. The molecule has 0 aromatic carbocycles. The van der Waals surface area contributed by atoms with E-state index in [1.165, 1.54) is 148 Å². The van der Waals surface area contributed by atoms with E-state index in [0.717, 1.165) is 51.4 Å². The van der Waals surface area contributed by atoms with Gasteiger partial charge < -0.3 is 19.7 Å². The number of nitrogens with one attached hydrogen (secondary N) is 1. The Morgan fingerprint density at radius 2 is 0.900 bits per heavy atom. The van der Waals surface area contributed by atoms with Crippen molar-refractivity contribution in [2.75, 3.05) is 33.4 Å². The molecule has 352 valence electrons. The van der Waals surface area contributed by atoms with Crippen LogP contribution < -0.4 is 5.32 Å². The summed E-state index contributed by atoms with van der Waals surface area (Å²) in [6.07, 6.45) is 51.9. The van der Waals surface area contributed by atoms with E-state index in [9.17, 15) is 19.0 Å². The molecule has 0 aromatic rings. The number of carbonyl (C=O) groups excluding carboxylic acids is 2. The average Bonchev–Trinajstić information content (AvgIpc) is 3.23. The number of rotatable bonds is 47. The predicted octanol–water partition coefficient (Wildman–Crippen LogP) is 14.8. The summed E-state index contributed by atoms with van der Waals surface area (Å²) in [6, 6.07) is 0. The molecular weight excluding hydrogens is 774 g/mol. The number of hydrogen-bond donors (Lipinski definition) is 2. The maximum absolute atomic E-state index is 12.7. The van der Waals surface area contributed by atoms with Gasteiger partial charge in [0.15, 0.2) is 6.10 Å². The van der Waals surface area contributed by atoms with Crippen LogP contribution in [-0.2, 0) is 32.7 Å². The number of esters is 2. The minimum absolute atomic E-state index is 0.0179. The SMILES string of the molecule is CCCCC/C=C\C/C=C\CCCCCCCCCC(=O)OCC(COP(=O)(O)OCCNC)OC(=O)CCCCCCCCCCCCC/C=C\CCCCCCCC. The Balaban J connectivity index is 4.13. The normalized spacial score (nSPS) is 13.5. The highest BCUT2D eigenvalue weighted by molar-refractivity contribution is 7.47. The molecule has 0 spiro atoms. The van der Waals surface area contributed by atoms with Gasteiger partial charge in [-0.2, -0.15) is 0 Å². The van der Waals surface area contributed by atoms with Crippen molar-refractivity contribution in [2.45, 2.75) is 238 Å². The van der Waals surface area contributed by atoms with Gasteiger partial charge in [0.1, 0.15) is 6.61 Å². The fourth-order valence-corrected chi connectivity index (χ4v) is 7.68. The zero-order valence-electron chi connectivity index (χ0n) is 39.2. The Kier molecular flexibility index (Phi) is 45.3. The Morgan fingerprint density at radius 3 is 1.37 bits per heavy atom. The topological polar surface area (TPSA) is 120 Å². The van der Waals surface area contributed by atoms with Crippen molar-refractivity contribution in [1.82, 2.24) is 5.32 Å². The first kappa shape index (κ1) is 58.2. The fourth-order valence-electron chi connectivity index (χ4n) is 6.93. The molecule has 0 amide bonds. The standard InChI is InChI=1S/C50H94NO8P/c1-4-6-8-10-12-14-16-18-20-22-23-24-25-27-29-31-33-35-37-39-41-43-50(53)59-48(47-58-60(54,55)57-45-44-51-3)46-56-49(52)42-40-38-36-34-32-30-28-26-21-19-17-15-13-11-9-7-5-2/h13,15,18-21,48,51H,4-12,14,16-17,22-47H2,1-3H3,(H,54,55)/b15-13-,20-18-,21-19-. The minimum atomic E-state index is -4.35. The second kappa shape index (κ2) is 46.7. The molecule has 0 aliphatic carbocycles. The molecule has 0 bridgehead atoms. The number of phosphoric ester groups is 1. The van der Waals surface area contributed by atoms with E-state index in [1.807, 2.05) is 0 Å². The molecule has 60 heavy (non-hydrogen) atoms. The lowest BCUT2D eigenvalue weighted by atomic mass is 10.0. The quantitative estimate of drug-likeness (QED) is 0.0266. The number of likely N-dealkylation sites (N-methyl/N-ethyl adjacent to an activating group) is 1. The molecular formula is C50H94NO8P. The van der Waals surface area contributed by atoms with Crippen LogP contribution in [0.15, 0.2) is 36.5 Å². The van der Waals surface area contributed by atoms with Gasteiger partial charge in [-0.15, -0.1) is 0 Å². The van der Waals surface area contributed by atoms with Crippen molar-refractivity contribution < 1.29 is 37.6 Å². The number of ether oxygens (including phenoxy) is 2. The third kappa shape index (κ3) is 45.7. The molecule has 0 saturated carbocycles. The van der Waals surface area contributed by atoms with Gasteiger partial charge in [-0.1, -0.05) is 185 Å². The van der Waals surface area contributed by atoms with Gasteiger partial charge in [0, 0.05) is 19.4 Å². The average molecular weight is 868 g/mol. The molecule has 0 aromatic heterocycles. The smallest absolute Gasteiger partial charge is 0.462 e. The Bertz CT molecular complexity index is 1080. The zero-order valence-corrected chi connectivity index (χ0v) is 40.1. The second-order valence-electron chi connectivity index (χ2n) is 16.6. The lowest BCUT2D eigenvalue weighted by Crippen LogP contribution is -2.29. The maximum atomic E-state index is 12.7. The maximum Gasteiger partial charge on any atom is 0.472 e. The highest BCUT2D eigenvalue weighted by Crippen LogP contribution is 2.43. The van der Waals surface area contributed by atoms with Gasteiger partial charge in [0.2, 0.25) is 0 Å². The molecule has 0 aliphatic heterocycles. The molecule has 0 fully saturated rings. The van der Waals surface area contributed by atoms with Crippen LogP contribution in [0.2, 0.25) is 0 Å². The fraction of sp³-hybridized carbons (Fsp3) is 0.840. The van der Waals surface area contributed by atoms with E-state index < -0.39 is 26.5 Å². The van der Waals surface area contributed by atoms with Crippen molar-refractivity contribution in [3.63, 3.8) is 0 Å². The van der Waals surface area contributed by atoms with E-state index >= 15 is 0 Å². The molecule has 2 unspecified atom stereocenters. The van der Waals surface area contributed by atoms with Crippen LogP contribution in [0.1, 0.15) is 232 Å². The second-order valence-corrected chi connectivity index (χ2v) is 18.1. The summed E-state index contributed by atoms with van der Waals surface area (Å²) in [6.45, 7) is 4.22. The number of phosphoric acid groups is 1. The van der Waals surface area contributed by atoms with Crippen molar-refractivity contribution in [3.05, 3.63) is 36.5 Å². The van der Waals surface area contributed by atoms with Crippen LogP contribution in [0.3, 0.4) is 0 Å². The van der Waals surface area contributed by atoms with Crippen LogP contribution in [0.4, 0.5) is 0 Å². The molecule has 9 nitrogen and oxygen atoms in total. The van der Waals surface area contributed by atoms with E-state index in [1.54, 1.807) is 7.05 Å². The first-order valence-electron chi connectivity index (χ1n) is 24.9. The Morgan fingerprint density at radius 1 is 0.517 bits per heavy atom. The molecule has 0 saturated heterocycles. The van der Waals surface area contributed by atoms with Gasteiger partial charge in [-0.05, 0) is 77.7 Å². The number of allylic oxidation sites excluding steroid dienone is 6. The van der Waals surface area contributed by atoms with E-state index in [4.69, 9.17) is 18.5 Å². The molecule has 0 radical (unpaired) electrons. The molecule has 2 N–H and O–H groups in total. The largest absolute Gasteiger partial charge is 0.472 e. The number of carbonyl (C=O) groups is 2. The van der Waals surface area contributed by atoms with Crippen LogP contribution in [0.5, 0.6) is 0 Å². The number of hydrogen-bond acceptors (Lipinski definition) is 8. The summed E-state index contributed by atoms with van der Waals surface area (Å²) in [7, 11) is -2.65. The van der Waals surface area contributed by atoms with Crippen molar-refractivity contribution in [3.8, 4) is 0 Å². The van der Waals surface area contributed by atoms with Gasteiger partial charge in [-0.25, -0.2) is 4.57 Å². The summed E-state index contributed by atoms with van der Waals surface area (Å²) in [4.78, 5) is 35.2. The number of unbranched alkanes of at least 4 members (excludes halogenated alkanes) is 27. The third-order valence-corrected chi connectivity index (χ3v) is 11.7. The van der Waals surface area contributed by atoms with Crippen molar-refractivity contribution in [1.29, 1.82) is 0 Å². The van der Waals surface area contributed by atoms with E-state index in [2.05, 4.69) is 55.6 Å². The summed E-state index contributed by atoms with van der Waals surface area (Å²) >= 11 is 0. The summed E-state index contributed by atoms with van der Waals surface area (Å²) in [5.74, 6) is -0.809. The van der Waals surface area contributed by atoms with Crippen LogP contribution in [0.25, 0.3) is 0 Å². The summed E-state index contributed by atoms with van der Waals surface area (Å²) in [5, 5.41) is 2.83. The molecule has 0 aliphatic rings. The monoisotopic (exact) mass is 868 g/mol. The summed E-state index contributed by atoms with van der Waals surface area (Å²) in [5.41, 5.74) is 0. The van der Waals surface area contributed by atoms with E-state index in [0.29, 0.717) is 13.0 Å². The van der Waals surface area contributed by atoms with Gasteiger partial charge >= 0.3 is 19.8 Å². The van der Waals surface area contributed by atoms with Gasteiger partial charge in [0.05, 0.1) is 13.2 Å². The minimum Gasteiger partial charge on any atom is -0.462 e. The lowest BCUT2D eigenvalue weighted by molar-refractivity contribution is -0.161. The molecule has 2 atom stereocenters. The highest BCUT2D eigenvalue weighted by Gasteiger charge is 2.26. The highest BCUT2D eigenvalue weighted by atomic mass is 31.2. The van der Waals surface area contributed by atoms with E-state index in [-0.39, 0.29) is 32.0 Å². The van der Waals surface area contributed by atoms with Crippen molar-refractivity contribution in [2.24, 2.45) is 0 Å². The third-order valence-electron chi connectivity index (χ3n) is 10.7. The Hall–Kier alpha value is -1.77. The molecule has 10 heteroatoms. The van der Waals surface area contributed by atoms with Gasteiger partial charge in [0.25, 0.3) is 0 Å². The van der Waals surface area contributed by atoms with Crippen LogP contribution in [-0.4, -0.2) is 56.3 Å². The van der Waals surface area contributed by atoms with Crippen LogP contribution >= 0.6 is 7.82 Å². The molecule has 0 rings (SSSR count). The summed E-state index contributed by atoms with van der Waals surface area (Å²) < 4.78 is 33.3.